The molecular weight excluding hydrogens is 404 g/mol. The summed E-state index contributed by atoms with van der Waals surface area (Å²) in [6, 6.07) is 11.2. The summed E-state index contributed by atoms with van der Waals surface area (Å²) in [7, 11) is -3.84. The van der Waals surface area contributed by atoms with E-state index in [2.05, 4.69) is 10.0 Å². The van der Waals surface area contributed by atoms with E-state index in [0.29, 0.717) is 36.0 Å². The molecule has 0 bridgehead atoms. The molecule has 7 nitrogen and oxygen atoms in total. The van der Waals surface area contributed by atoms with Gasteiger partial charge in [0.2, 0.25) is 0 Å². The van der Waals surface area contributed by atoms with Crippen molar-refractivity contribution in [3.05, 3.63) is 48.0 Å². The normalized spacial score (nSPS) is 17.1. The van der Waals surface area contributed by atoms with E-state index in [9.17, 15) is 13.2 Å². The van der Waals surface area contributed by atoms with Crippen molar-refractivity contribution >= 4 is 21.6 Å². The number of nitrogens with one attached hydrogen (secondary N) is 2. The zero-order valence-electron chi connectivity index (χ0n) is 16.7. The molecule has 2 N–H and O–H groups in total. The standard InChI is InChI=1S/C22H26N2O5S/c25-22(23-17-7-3-1-2-4-8-17)16-6-5-9-18(14-16)24-30(26,27)19-10-11-20-21(15-19)29-13-12-28-20/h5-6,9-11,14-15,17,24H,1-4,7-8,12-13H2,(H,23,25). The molecule has 4 rings (SSSR count). The molecule has 160 valence electrons. The maximum Gasteiger partial charge on any atom is 0.262 e. The Morgan fingerprint density at radius 2 is 1.63 bits per heavy atom. The minimum Gasteiger partial charge on any atom is -0.486 e. The Morgan fingerprint density at radius 3 is 2.40 bits per heavy atom. The van der Waals surface area contributed by atoms with Gasteiger partial charge in [-0.1, -0.05) is 31.7 Å². The molecule has 2 aliphatic rings. The SMILES string of the molecule is O=C(NC1CCCCCC1)c1cccc(NS(=O)(=O)c2ccc3c(c2)OCCO3)c1. The molecule has 1 fully saturated rings. The first kappa shape index (κ1) is 20.5. The van der Waals surface area contributed by atoms with Crippen molar-refractivity contribution in [2.75, 3.05) is 17.9 Å². The summed E-state index contributed by atoms with van der Waals surface area (Å²) < 4.78 is 39.1. The van der Waals surface area contributed by atoms with Gasteiger partial charge in [0.15, 0.2) is 11.5 Å². The van der Waals surface area contributed by atoms with Crippen LogP contribution in [0.4, 0.5) is 5.69 Å². The van der Waals surface area contributed by atoms with Gasteiger partial charge in [-0.2, -0.15) is 0 Å². The highest BCUT2D eigenvalue weighted by atomic mass is 32.2. The van der Waals surface area contributed by atoms with Gasteiger partial charge in [-0.3, -0.25) is 9.52 Å². The van der Waals surface area contributed by atoms with Crippen molar-refractivity contribution in [2.45, 2.75) is 49.5 Å². The number of rotatable bonds is 5. The van der Waals surface area contributed by atoms with Gasteiger partial charge in [-0.05, 0) is 43.2 Å². The van der Waals surface area contributed by atoms with Gasteiger partial charge >= 0.3 is 0 Å². The summed E-state index contributed by atoms with van der Waals surface area (Å²) in [6.45, 7) is 0.815. The van der Waals surface area contributed by atoms with Gasteiger partial charge < -0.3 is 14.8 Å². The number of ether oxygens (including phenoxy) is 2. The molecule has 0 unspecified atom stereocenters. The number of hydrogen-bond donors (Lipinski definition) is 2. The van der Waals surface area contributed by atoms with Crippen LogP contribution >= 0.6 is 0 Å². The third-order valence-electron chi connectivity index (χ3n) is 5.39. The first-order valence-corrected chi connectivity index (χ1v) is 11.8. The zero-order valence-corrected chi connectivity index (χ0v) is 17.5. The van der Waals surface area contributed by atoms with Crippen LogP contribution in [0.2, 0.25) is 0 Å². The highest BCUT2D eigenvalue weighted by molar-refractivity contribution is 7.92. The summed E-state index contributed by atoms with van der Waals surface area (Å²) >= 11 is 0. The Labute approximate surface area is 176 Å². The number of carbonyl (C=O) groups excluding carboxylic acids is 1. The van der Waals surface area contributed by atoms with Crippen molar-refractivity contribution in [2.24, 2.45) is 0 Å². The molecule has 1 aliphatic heterocycles. The third kappa shape index (κ3) is 4.87. The van der Waals surface area contributed by atoms with Crippen LogP contribution in [0.3, 0.4) is 0 Å². The van der Waals surface area contributed by atoms with E-state index in [1.807, 2.05) is 0 Å². The van der Waals surface area contributed by atoms with Crippen molar-refractivity contribution in [1.29, 1.82) is 0 Å². The van der Waals surface area contributed by atoms with E-state index in [0.717, 1.165) is 25.7 Å². The third-order valence-corrected chi connectivity index (χ3v) is 6.77. The summed E-state index contributed by atoms with van der Waals surface area (Å²) in [4.78, 5) is 12.7. The molecule has 0 spiro atoms. The predicted molar refractivity (Wildman–Crippen MR) is 114 cm³/mol. The molecule has 0 atom stereocenters. The van der Waals surface area contributed by atoms with Crippen molar-refractivity contribution in [3.63, 3.8) is 0 Å². The fourth-order valence-electron chi connectivity index (χ4n) is 3.82. The lowest BCUT2D eigenvalue weighted by molar-refractivity contribution is 0.0933. The fraction of sp³-hybridized carbons (Fsp3) is 0.409. The Hall–Kier alpha value is -2.74. The van der Waals surface area contributed by atoms with Crippen LogP contribution in [0.25, 0.3) is 0 Å². The molecule has 8 heteroatoms. The zero-order chi connectivity index (χ0) is 21.0. The van der Waals surface area contributed by atoms with Crippen LogP contribution in [0.5, 0.6) is 11.5 Å². The topological polar surface area (TPSA) is 93.7 Å². The molecule has 0 saturated heterocycles. The van der Waals surface area contributed by atoms with Crippen LogP contribution in [0.15, 0.2) is 47.4 Å². The number of sulfonamides is 1. The molecule has 30 heavy (non-hydrogen) atoms. The van der Waals surface area contributed by atoms with E-state index in [1.165, 1.54) is 25.0 Å². The molecule has 0 radical (unpaired) electrons. The second-order valence-electron chi connectivity index (χ2n) is 7.65. The maximum atomic E-state index is 12.8. The molecule has 1 aliphatic carbocycles. The van der Waals surface area contributed by atoms with Crippen LogP contribution in [-0.2, 0) is 10.0 Å². The molecule has 1 saturated carbocycles. The van der Waals surface area contributed by atoms with Gasteiger partial charge in [-0.15, -0.1) is 0 Å². The lowest BCUT2D eigenvalue weighted by Gasteiger charge is -2.19. The number of benzene rings is 2. The summed E-state index contributed by atoms with van der Waals surface area (Å²) in [6.07, 6.45) is 6.65. The lowest BCUT2D eigenvalue weighted by atomic mass is 10.1. The van der Waals surface area contributed by atoms with Crippen molar-refractivity contribution < 1.29 is 22.7 Å². The van der Waals surface area contributed by atoms with Crippen molar-refractivity contribution in [3.8, 4) is 11.5 Å². The fourth-order valence-corrected chi connectivity index (χ4v) is 4.89. The minimum atomic E-state index is -3.84. The van der Waals surface area contributed by atoms with Gasteiger partial charge in [0.1, 0.15) is 13.2 Å². The molecule has 2 aromatic carbocycles. The van der Waals surface area contributed by atoms with Crippen molar-refractivity contribution in [1.82, 2.24) is 5.32 Å². The number of hydrogen-bond acceptors (Lipinski definition) is 5. The summed E-state index contributed by atoms with van der Waals surface area (Å²) in [5.41, 5.74) is 0.764. The van der Waals surface area contributed by atoms with Crippen LogP contribution in [0, 0.1) is 0 Å². The maximum absolute atomic E-state index is 12.8. The monoisotopic (exact) mass is 430 g/mol. The van der Waals surface area contributed by atoms with E-state index in [1.54, 1.807) is 30.3 Å². The molecule has 2 aromatic rings. The van der Waals surface area contributed by atoms with Gasteiger partial charge in [-0.25, -0.2) is 8.42 Å². The first-order chi connectivity index (χ1) is 14.5. The van der Waals surface area contributed by atoms with Gasteiger partial charge in [0.05, 0.1) is 4.90 Å². The van der Waals surface area contributed by atoms with Gasteiger partial charge in [0.25, 0.3) is 15.9 Å². The van der Waals surface area contributed by atoms with Gasteiger partial charge in [0, 0.05) is 23.4 Å². The highest BCUT2D eigenvalue weighted by Crippen LogP contribution is 2.32. The van der Waals surface area contributed by atoms with E-state index >= 15 is 0 Å². The average molecular weight is 431 g/mol. The Kier molecular flexibility index (Phi) is 6.13. The first-order valence-electron chi connectivity index (χ1n) is 10.3. The number of anilines is 1. The van der Waals surface area contributed by atoms with Crippen LogP contribution < -0.4 is 19.5 Å². The molecular formula is C22H26N2O5S. The molecule has 1 heterocycles. The largest absolute Gasteiger partial charge is 0.486 e. The number of amides is 1. The smallest absolute Gasteiger partial charge is 0.262 e. The Morgan fingerprint density at radius 1 is 0.900 bits per heavy atom. The Bertz CT molecular complexity index is 1010. The number of fused-ring (bicyclic) bond motifs is 1. The Balaban J connectivity index is 1.47. The second-order valence-corrected chi connectivity index (χ2v) is 9.34. The molecule has 1 amide bonds. The lowest BCUT2D eigenvalue weighted by Crippen LogP contribution is -2.34. The minimum absolute atomic E-state index is 0.0695. The van der Waals surface area contributed by atoms with Crippen LogP contribution in [-0.4, -0.2) is 33.6 Å². The highest BCUT2D eigenvalue weighted by Gasteiger charge is 2.20. The predicted octanol–water partition coefficient (Wildman–Crippen LogP) is 3.71. The molecule has 0 aromatic heterocycles. The number of carbonyl (C=O) groups is 1. The summed E-state index contributed by atoms with van der Waals surface area (Å²) in [5.74, 6) is 0.750. The second kappa shape index (κ2) is 8.95. The summed E-state index contributed by atoms with van der Waals surface area (Å²) in [5, 5.41) is 3.08. The quantitative estimate of drug-likeness (QED) is 0.706. The average Bonchev–Trinajstić information content (AvgIpc) is 3.02. The van der Waals surface area contributed by atoms with E-state index in [-0.39, 0.29) is 16.8 Å². The van der Waals surface area contributed by atoms with E-state index in [4.69, 9.17) is 9.47 Å². The van der Waals surface area contributed by atoms with E-state index < -0.39 is 10.0 Å². The van der Waals surface area contributed by atoms with Crippen LogP contribution in [0.1, 0.15) is 48.9 Å².